The van der Waals surface area contributed by atoms with Crippen molar-refractivity contribution in [3.63, 3.8) is 0 Å². The van der Waals surface area contributed by atoms with Gasteiger partial charge in [0, 0.05) is 46.2 Å². The van der Waals surface area contributed by atoms with E-state index in [1.54, 1.807) is 25.4 Å². The second-order valence-electron chi connectivity index (χ2n) is 12.9. The van der Waals surface area contributed by atoms with Crippen LogP contribution >= 0.6 is 22.9 Å². The van der Waals surface area contributed by atoms with Gasteiger partial charge >= 0.3 is 6.09 Å². The van der Waals surface area contributed by atoms with Crippen LogP contribution < -0.4 is 10.1 Å². The third-order valence-corrected chi connectivity index (χ3v) is 10.4. The SMILES string of the molecule is COc1ccc(-c2ccnc(C)c2)cc1CN(C(=O)c1sc2cccc(F)c2c1Cl)C1CCC(C(NC(=O)O)C(C)(C)C)CC1. The van der Waals surface area contributed by atoms with E-state index in [0.29, 0.717) is 28.2 Å². The predicted molar refractivity (Wildman–Crippen MR) is 178 cm³/mol. The molecule has 0 saturated heterocycles. The van der Waals surface area contributed by atoms with Crippen LogP contribution in [-0.2, 0) is 6.54 Å². The first-order valence-electron chi connectivity index (χ1n) is 15.1. The number of methoxy groups -OCH3 is 1. The second-order valence-corrected chi connectivity index (χ2v) is 14.3. The molecule has 5 rings (SSSR count). The third-order valence-electron chi connectivity index (χ3n) is 8.78. The molecule has 45 heavy (non-hydrogen) atoms. The molecule has 0 spiro atoms. The van der Waals surface area contributed by atoms with Crippen LogP contribution in [0.3, 0.4) is 0 Å². The smallest absolute Gasteiger partial charge is 0.404 e. The fourth-order valence-corrected chi connectivity index (χ4v) is 8.13. The van der Waals surface area contributed by atoms with Crippen LogP contribution in [0.4, 0.5) is 9.18 Å². The first-order valence-corrected chi connectivity index (χ1v) is 16.3. The Morgan fingerprint density at radius 2 is 1.84 bits per heavy atom. The zero-order valence-electron chi connectivity index (χ0n) is 26.2. The number of hydrogen-bond acceptors (Lipinski definition) is 5. The first kappa shape index (κ1) is 32.7. The second kappa shape index (κ2) is 13.3. The highest BCUT2D eigenvalue weighted by molar-refractivity contribution is 7.21. The summed E-state index contributed by atoms with van der Waals surface area (Å²) in [5.74, 6) is 0.0698. The van der Waals surface area contributed by atoms with Gasteiger partial charge in [-0.1, -0.05) is 44.5 Å². The minimum absolute atomic E-state index is 0.128. The minimum Gasteiger partial charge on any atom is -0.496 e. The average Bonchev–Trinajstić information content (AvgIpc) is 3.35. The Labute approximate surface area is 272 Å². The van der Waals surface area contributed by atoms with E-state index in [4.69, 9.17) is 16.3 Å². The monoisotopic (exact) mass is 651 g/mol. The molecule has 2 N–H and O–H groups in total. The first-order chi connectivity index (χ1) is 21.4. The standard InChI is InChI=1S/C35H39ClFN3O4S/c1-20-17-23(15-16-38-20)22-11-14-27(44-5)24(18-22)19-40(33(41)31-30(36)29-26(37)7-6-8-28(29)45-31)25-12-9-21(10-13-25)32(35(2,3)4)39-34(42)43/h6-8,11,14-18,21,25,32,39H,9-10,12-13,19H2,1-5H3,(H,42,43). The number of hydrogen-bond donors (Lipinski definition) is 2. The summed E-state index contributed by atoms with van der Waals surface area (Å²) in [6.07, 6.45) is 3.61. The molecule has 0 radical (unpaired) electrons. The molecule has 1 aliphatic carbocycles. The number of halogens is 2. The fraction of sp³-hybridized carbons (Fsp3) is 0.400. The lowest BCUT2D eigenvalue weighted by atomic mass is 9.72. The van der Waals surface area contributed by atoms with Crippen molar-refractivity contribution in [2.75, 3.05) is 7.11 Å². The fourth-order valence-electron chi connectivity index (χ4n) is 6.62. The number of benzene rings is 2. The lowest BCUT2D eigenvalue weighted by Crippen LogP contribution is -2.50. The molecular weight excluding hydrogens is 613 g/mol. The third kappa shape index (κ3) is 7.10. The maximum atomic E-state index is 14.8. The molecule has 1 saturated carbocycles. The average molecular weight is 652 g/mol. The molecule has 2 heterocycles. The van der Waals surface area contributed by atoms with Gasteiger partial charge in [0.1, 0.15) is 16.4 Å². The Morgan fingerprint density at radius 3 is 2.47 bits per heavy atom. The molecule has 1 atom stereocenters. The number of aromatic nitrogens is 1. The van der Waals surface area contributed by atoms with Gasteiger partial charge in [0.25, 0.3) is 5.91 Å². The van der Waals surface area contributed by atoms with Crippen LogP contribution in [-0.4, -0.2) is 46.2 Å². The summed E-state index contributed by atoms with van der Waals surface area (Å²) in [7, 11) is 1.61. The highest BCUT2D eigenvalue weighted by atomic mass is 35.5. The Hall–Kier alpha value is -3.69. The normalized spacial score (nSPS) is 17.6. The van der Waals surface area contributed by atoms with Crippen molar-refractivity contribution in [2.45, 2.75) is 72.0 Å². The highest BCUT2D eigenvalue weighted by Crippen LogP contribution is 2.41. The molecule has 1 unspecified atom stereocenters. The Kier molecular flexibility index (Phi) is 9.70. The molecule has 7 nitrogen and oxygen atoms in total. The van der Waals surface area contributed by atoms with Crippen LogP contribution in [0.2, 0.25) is 5.02 Å². The van der Waals surface area contributed by atoms with Crippen molar-refractivity contribution in [2.24, 2.45) is 11.3 Å². The number of nitrogens with one attached hydrogen (secondary N) is 1. The maximum Gasteiger partial charge on any atom is 0.404 e. The lowest BCUT2D eigenvalue weighted by molar-refractivity contribution is 0.0543. The van der Waals surface area contributed by atoms with Crippen molar-refractivity contribution < 1.29 is 23.8 Å². The Bertz CT molecular complexity index is 1710. The number of pyridine rings is 1. The van der Waals surface area contributed by atoms with E-state index in [1.807, 2.05) is 62.9 Å². The number of fused-ring (bicyclic) bond motifs is 1. The van der Waals surface area contributed by atoms with Crippen LogP contribution in [0.15, 0.2) is 54.7 Å². The van der Waals surface area contributed by atoms with Gasteiger partial charge in [-0.3, -0.25) is 9.78 Å². The minimum atomic E-state index is -1.03. The largest absolute Gasteiger partial charge is 0.496 e. The van der Waals surface area contributed by atoms with Gasteiger partial charge in [-0.15, -0.1) is 11.3 Å². The Balaban J connectivity index is 1.51. The van der Waals surface area contributed by atoms with Gasteiger partial charge in [0.05, 0.1) is 12.1 Å². The predicted octanol–water partition coefficient (Wildman–Crippen LogP) is 8.96. The molecule has 2 amide bonds. The highest BCUT2D eigenvalue weighted by Gasteiger charge is 2.39. The van der Waals surface area contributed by atoms with Crippen molar-refractivity contribution in [1.29, 1.82) is 0 Å². The number of ether oxygens (including phenoxy) is 1. The zero-order valence-corrected chi connectivity index (χ0v) is 27.8. The quantitative estimate of drug-likeness (QED) is 0.198. The molecule has 4 aromatic rings. The van der Waals surface area contributed by atoms with Crippen molar-refractivity contribution in [3.05, 3.63) is 81.7 Å². The molecule has 238 valence electrons. The number of nitrogens with zero attached hydrogens (tertiary/aromatic N) is 2. The van der Waals surface area contributed by atoms with Crippen molar-refractivity contribution in [1.82, 2.24) is 15.2 Å². The summed E-state index contributed by atoms with van der Waals surface area (Å²) in [6.45, 7) is 8.34. The topological polar surface area (TPSA) is 91.8 Å². The van der Waals surface area contributed by atoms with Gasteiger partial charge < -0.3 is 20.1 Å². The van der Waals surface area contributed by atoms with E-state index in [0.717, 1.165) is 35.2 Å². The van der Waals surface area contributed by atoms with E-state index in [1.165, 1.54) is 17.4 Å². The summed E-state index contributed by atoms with van der Waals surface area (Å²) >= 11 is 7.91. The molecule has 10 heteroatoms. The summed E-state index contributed by atoms with van der Waals surface area (Å²) < 4.78 is 21.2. The summed E-state index contributed by atoms with van der Waals surface area (Å²) in [5, 5.41) is 12.7. The number of thiophene rings is 1. The number of carbonyl (C=O) groups excluding carboxylic acids is 1. The van der Waals surface area contributed by atoms with Crippen molar-refractivity contribution in [3.8, 4) is 16.9 Å². The van der Waals surface area contributed by atoms with Crippen LogP contribution in [0.5, 0.6) is 5.75 Å². The van der Waals surface area contributed by atoms with Crippen LogP contribution in [0.1, 0.15) is 67.4 Å². The van der Waals surface area contributed by atoms with Crippen LogP contribution in [0.25, 0.3) is 21.2 Å². The molecule has 2 aromatic heterocycles. The molecule has 0 bridgehead atoms. The zero-order chi connectivity index (χ0) is 32.5. The number of aryl methyl sites for hydroxylation is 1. The number of rotatable bonds is 8. The molecular formula is C35H39ClFN3O4S. The van der Waals surface area contributed by atoms with Crippen molar-refractivity contribution >= 4 is 45.0 Å². The van der Waals surface area contributed by atoms with E-state index in [-0.39, 0.29) is 46.3 Å². The summed E-state index contributed by atoms with van der Waals surface area (Å²) in [4.78, 5) is 32.6. The molecule has 2 aromatic carbocycles. The van der Waals surface area contributed by atoms with Gasteiger partial charge in [0.2, 0.25) is 0 Å². The van der Waals surface area contributed by atoms with Gasteiger partial charge in [-0.25, -0.2) is 9.18 Å². The van der Waals surface area contributed by atoms with Gasteiger partial charge in [-0.05, 0) is 91.5 Å². The van der Waals surface area contributed by atoms with Crippen LogP contribution in [0, 0.1) is 24.1 Å². The number of amides is 2. The van der Waals surface area contributed by atoms with E-state index < -0.39 is 11.9 Å². The molecule has 1 fully saturated rings. The summed E-state index contributed by atoms with van der Waals surface area (Å²) in [5.41, 5.74) is 3.45. The maximum absolute atomic E-state index is 14.8. The van der Waals surface area contributed by atoms with Gasteiger partial charge in [0.15, 0.2) is 0 Å². The molecule has 0 aliphatic heterocycles. The van der Waals surface area contributed by atoms with Gasteiger partial charge in [-0.2, -0.15) is 0 Å². The number of carbonyl (C=O) groups is 2. The Morgan fingerprint density at radius 1 is 1.13 bits per heavy atom. The van der Waals surface area contributed by atoms with E-state index in [9.17, 15) is 19.1 Å². The summed E-state index contributed by atoms with van der Waals surface area (Å²) in [6, 6.07) is 14.3. The number of carboxylic acid groups (broad SMARTS) is 1. The molecule has 1 aliphatic rings. The van der Waals surface area contributed by atoms with E-state index >= 15 is 0 Å². The van der Waals surface area contributed by atoms with E-state index in [2.05, 4.69) is 10.3 Å². The lowest BCUT2D eigenvalue weighted by Gasteiger charge is -2.43.